The zero-order valence-corrected chi connectivity index (χ0v) is 16.0. The first-order valence-electron chi connectivity index (χ1n) is 9.58. The van der Waals surface area contributed by atoms with Crippen LogP contribution in [0.2, 0.25) is 0 Å². The smallest absolute Gasteiger partial charge is 0.291 e. The van der Waals surface area contributed by atoms with Gasteiger partial charge in [-0.15, -0.1) is 0 Å². The molecular weight excluding hydrogens is 349 g/mol. The SMILES string of the molecule is CC[C@H](C)N1C(=O)[C@H]2[C@@H](C1=O)[C@]1([NH2+][C@H]2C(C)C)C(=O)Nc2ccc(F)cc21. The molecule has 0 aromatic heterocycles. The number of anilines is 1. The lowest BCUT2D eigenvalue weighted by atomic mass is 9.76. The van der Waals surface area contributed by atoms with Crippen LogP contribution in [0.15, 0.2) is 18.2 Å². The molecular formula is C20H25FN3O3+. The predicted octanol–water partition coefficient (Wildman–Crippen LogP) is 0.974. The van der Waals surface area contributed by atoms with E-state index in [2.05, 4.69) is 5.32 Å². The molecule has 3 aliphatic heterocycles. The van der Waals surface area contributed by atoms with Crippen LogP contribution in [0.3, 0.4) is 0 Å². The minimum absolute atomic E-state index is 0.0796. The van der Waals surface area contributed by atoms with Crippen molar-refractivity contribution in [2.75, 3.05) is 5.32 Å². The zero-order valence-electron chi connectivity index (χ0n) is 16.0. The largest absolute Gasteiger partial charge is 0.326 e. The number of imide groups is 1. The summed E-state index contributed by atoms with van der Waals surface area (Å²) in [4.78, 5) is 41.1. The van der Waals surface area contributed by atoms with E-state index in [1.54, 1.807) is 0 Å². The molecule has 27 heavy (non-hydrogen) atoms. The standard InChI is InChI=1S/C20H24FN3O3/c1-5-10(4)24-17(25)14-15(18(24)26)20(23-16(14)9(2)3)12-8-11(21)6-7-13(12)22-19(20)27/h6-10,14-16,23H,5H2,1-4H3,(H,22,27)/p+1/t10-,14-,15-,16-,20-/m0/s1. The van der Waals surface area contributed by atoms with Crippen molar-refractivity contribution in [3.63, 3.8) is 0 Å². The van der Waals surface area contributed by atoms with Crippen molar-refractivity contribution in [2.24, 2.45) is 17.8 Å². The fraction of sp³-hybridized carbons (Fsp3) is 0.550. The van der Waals surface area contributed by atoms with Crippen LogP contribution in [0, 0.1) is 23.6 Å². The Kier molecular flexibility index (Phi) is 3.93. The first-order chi connectivity index (χ1) is 12.7. The lowest BCUT2D eigenvalue weighted by molar-refractivity contribution is -0.738. The second-order valence-electron chi connectivity index (χ2n) is 8.31. The Hall–Kier alpha value is -2.28. The molecule has 1 aromatic rings. The van der Waals surface area contributed by atoms with E-state index in [1.165, 1.54) is 23.1 Å². The third kappa shape index (κ3) is 2.18. The first-order valence-corrected chi connectivity index (χ1v) is 9.58. The monoisotopic (exact) mass is 374 g/mol. The summed E-state index contributed by atoms with van der Waals surface area (Å²) in [6.45, 7) is 7.74. The average Bonchev–Trinajstić information content (AvgIpc) is 3.20. The third-order valence-electron chi connectivity index (χ3n) is 6.60. The van der Waals surface area contributed by atoms with Gasteiger partial charge < -0.3 is 10.6 Å². The van der Waals surface area contributed by atoms with E-state index >= 15 is 0 Å². The lowest BCUT2D eigenvalue weighted by Gasteiger charge is -2.29. The number of nitrogens with zero attached hydrogens (tertiary/aromatic N) is 1. The summed E-state index contributed by atoms with van der Waals surface area (Å²) < 4.78 is 14.0. The number of carbonyl (C=O) groups is 3. The minimum atomic E-state index is -1.29. The molecule has 1 aromatic carbocycles. The molecule has 6 nitrogen and oxygen atoms in total. The van der Waals surface area contributed by atoms with Gasteiger partial charge in [0.05, 0.1) is 5.69 Å². The molecule has 7 heteroatoms. The van der Waals surface area contributed by atoms with Gasteiger partial charge in [-0.3, -0.25) is 19.3 Å². The number of hydrogen-bond acceptors (Lipinski definition) is 3. The maximum Gasteiger partial charge on any atom is 0.291 e. The van der Waals surface area contributed by atoms with Crippen LogP contribution >= 0.6 is 0 Å². The highest BCUT2D eigenvalue weighted by molar-refractivity contribution is 6.14. The van der Waals surface area contributed by atoms with Gasteiger partial charge in [0.2, 0.25) is 17.4 Å². The minimum Gasteiger partial charge on any atom is -0.326 e. The van der Waals surface area contributed by atoms with Crippen molar-refractivity contribution < 1.29 is 24.1 Å². The highest BCUT2D eigenvalue weighted by Gasteiger charge is 2.74. The molecule has 3 heterocycles. The number of carbonyl (C=O) groups excluding carboxylic acids is 3. The van der Waals surface area contributed by atoms with Gasteiger partial charge in [-0.1, -0.05) is 20.8 Å². The molecule has 2 saturated heterocycles. The van der Waals surface area contributed by atoms with Crippen LogP contribution in [-0.2, 0) is 19.9 Å². The predicted molar refractivity (Wildman–Crippen MR) is 95.8 cm³/mol. The number of likely N-dealkylation sites (tertiary alicyclic amines) is 1. The summed E-state index contributed by atoms with van der Waals surface area (Å²) in [6.07, 6.45) is 0.650. The van der Waals surface area contributed by atoms with E-state index in [-0.39, 0.29) is 35.7 Å². The average molecular weight is 374 g/mol. The van der Waals surface area contributed by atoms with Gasteiger partial charge in [0.15, 0.2) is 0 Å². The van der Waals surface area contributed by atoms with E-state index in [4.69, 9.17) is 0 Å². The van der Waals surface area contributed by atoms with Crippen LogP contribution in [0.25, 0.3) is 0 Å². The summed E-state index contributed by atoms with van der Waals surface area (Å²) in [5.41, 5.74) is -0.299. The lowest BCUT2D eigenvalue weighted by Crippen LogP contribution is -2.99. The molecule has 0 aliphatic carbocycles. The number of quaternary nitrogens is 1. The number of fused-ring (bicyclic) bond motifs is 4. The van der Waals surface area contributed by atoms with Crippen molar-refractivity contribution in [1.29, 1.82) is 0 Å². The van der Waals surface area contributed by atoms with Crippen LogP contribution in [-0.4, -0.2) is 34.7 Å². The van der Waals surface area contributed by atoms with Gasteiger partial charge in [-0.25, -0.2) is 4.39 Å². The summed E-state index contributed by atoms with van der Waals surface area (Å²) in [7, 11) is 0. The summed E-state index contributed by atoms with van der Waals surface area (Å²) >= 11 is 0. The maximum atomic E-state index is 14.0. The van der Waals surface area contributed by atoms with E-state index in [0.29, 0.717) is 17.7 Å². The number of nitrogens with one attached hydrogen (secondary N) is 1. The van der Waals surface area contributed by atoms with Crippen LogP contribution in [0.5, 0.6) is 0 Å². The molecule has 0 unspecified atom stereocenters. The van der Waals surface area contributed by atoms with Crippen LogP contribution in [0.4, 0.5) is 10.1 Å². The number of halogens is 1. The number of hydrogen-bond donors (Lipinski definition) is 2. The van der Waals surface area contributed by atoms with Crippen LogP contribution < -0.4 is 10.6 Å². The molecule has 2 fully saturated rings. The van der Waals surface area contributed by atoms with Crippen LogP contribution in [0.1, 0.15) is 39.7 Å². The number of rotatable bonds is 3. The fourth-order valence-corrected chi connectivity index (χ4v) is 5.11. The van der Waals surface area contributed by atoms with E-state index < -0.39 is 23.2 Å². The van der Waals surface area contributed by atoms with Gasteiger partial charge >= 0.3 is 0 Å². The van der Waals surface area contributed by atoms with E-state index in [9.17, 15) is 18.8 Å². The normalized spacial score (nSPS) is 33.0. The van der Waals surface area contributed by atoms with Crippen molar-refractivity contribution in [1.82, 2.24) is 4.90 Å². The Bertz CT molecular complexity index is 855. The van der Waals surface area contributed by atoms with E-state index in [1.807, 2.05) is 33.0 Å². The molecule has 3 aliphatic rings. The molecule has 3 amide bonds. The summed E-state index contributed by atoms with van der Waals surface area (Å²) in [6, 6.07) is 3.69. The second-order valence-corrected chi connectivity index (χ2v) is 8.31. The molecule has 1 spiro atoms. The number of benzene rings is 1. The van der Waals surface area contributed by atoms with Crippen molar-refractivity contribution >= 4 is 23.4 Å². The highest BCUT2D eigenvalue weighted by Crippen LogP contribution is 2.50. The molecule has 0 radical (unpaired) electrons. The van der Waals surface area contributed by atoms with Crippen molar-refractivity contribution in [2.45, 2.75) is 51.7 Å². The van der Waals surface area contributed by atoms with Crippen molar-refractivity contribution in [3.8, 4) is 0 Å². The van der Waals surface area contributed by atoms with Gasteiger partial charge in [0.25, 0.3) is 5.91 Å². The van der Waals surface area contributed by atoms with Gasteiger partial charge in [0, 0.05) is 17.5 Å². The summed E-state index contributed by atoms with van der Waals surface area (Å²) in [5, 5.41) is 4.65. The Morgan fingerprint density at radius 2 is 1.93 bits per heavy atom. The Labute approximate surface area is 157 Å². The second kappa shape index (κ2) is 5.86. The van der Waals surface area contributed by atoms with Gasteiger partial charge in [0.1, 0.15) is 23.7 Å². The Balaban J connectivity index is 1.92. The molecule has 3 N–H and O–H groups in total. The summed E-state index contributed by atoms with van der Waals surface area (Å²) in [5.74, 6) is -2.63. The van der Waals surface area contributed by atoms with Gasteiger partial charge in [-0.2, -0.15) is 0 Å². The maximum absolute atomic E-state index is 14.0. The van der Waals surface area contributed by atoms with Gasteiger partial charge in [-0.05, 0) is 31.5 Å². The fourth-order valence-electron chi connectivity index (χ4n) is 5.11. The topological polar surface area (TPSA) is 83.1 Å². The molecule has 144 valence electrons. The molecule has 0 bridgehead atoms. The number of nitrogens with two attached hydrogens (primary N) is 1. The van der Waals surface area contributed by atoms with E-state index in [0.717, 1.165) is 0 Å². The first kappa shape index (κ1) is 18.1. The highest BCUT2D eigenvalue weighted by atomic mass is 19.1. The Morgan fingerprint density at radius 3 is 2.56 bits per heavy atom. The molecule has 0 saturated carbocycles. The Morgan fingerprint density at radius 1 is 1.22 bits per heavy atom. The third-order valence-corrected chi connectivity index (χ3v) is 6.60. The molecule has 5 atom stereocenters. The zero-order chi connectivity index (χ0) is 19.7. The number of amides is 3. The van der Waals surface area contributed by atoms with Crippen molar-refractivity contribution in [3.05, 3.63) is 29.6 Å². The molecule has 4 rings (SSSR count). The quantitative estimate of drug-likeness (QED) is 0.774.